The lowest BCUT2D eigenvalue weighted by Crippen LogP contribution is -2.24. The van der Waals surface area contributed by atoms with Gasteiger partial charge in [0.1, 0.15) is 5.02 Å². The highest BCUT2D eigenvalue weighted by atomic mass is 35.5. The zero-order valence-electron chi connectivity index (χ0n) is 11.8. The van der Waals surface area contributed by atoms with E-state index in [0.29, 0.717) is 6.42 Å². The van der Waals surface area contributed by atoms with Crippen LogP contribution in [0.3, 0.4) is 0 Å². The van der Waals surface area contributed by atoms with Gasteiger partial charge in [0.15, 0.2) is 0 Å². The Bertz CT molecular complexity index is 909. The van der Waals surface area contributed by atoms with Gasteiger partial charge in [-0.05, 0) is 12.5 Å². The third kappa shape index (κ3) is 3.44. The summed E-state index contributed by atoms with van der Waals surface area (Å²) in [5.41, 5.74) is -0.628. The van der Waals surface area contributed by atoms with Crippen LogP contribution < -0.4 is 5.56 Å². The molecule has 0 aliphatic heterocycles. The Balaban J connectivity index is 2.48. The van der Waals surface area contributed by atoms with Crippen molar-refractivity contribution in [2.75, 3.05) is 0 Å². The average Bonchev–Trinajstić information content (AvgIpc) is 2.52. The molecule has 0 N–H and O–H groups in total. The molecule has 116 valence electrons. The maximum absolute atomic E-state index is 12.4. The van der Waals surface area contributed by atoms with Crippen LogP contribution in [0, 0.1) is 38.7 Å². The highest BCUT2D eigenvalue weighted by molar-refractivity contribution is 6.33. The minimum atomic E-state index is -0.677. The van der Waals surface area contributed by atoms with Crippen molar-refractivity contribution >= 4 is 28.2 Å². The van der Waals surface area contributed by atoms with Crippen LogP contribution in [0.15, 0.2) is 23.3 Å². The number of rotatable bonds is 5. The third-order valence-electron chi connectivity index (χ3n) is 3.29. The molecular formula is C14H10ClN5O3. The lowest BCUT2D eigenvalue weighted by atomic mass is 10.1. The molecule has 1 atom stereocenters. The van der Waals surface area contributed by atoms with Crippen LogP contribution >= 0.6 is 11.6 Å². The summed E-state index contributed by atoms with van der Waals surface area (Å²) in [4.78, 5) is 26.7. The van der Waals surface area contributed by atoms with E-state index in [9.17, 15) is 14.9 Å². The van der Waals surface area contributed by atoms with Gasteiger partial charge in [0.25, 0.3) is 11.2 Å². The number of nitrogens with zero attached hydrogens (tertiary/aromatic N) is 5. The van der Waals surface area contributed by atoms with Crippen LogP contribution in [0.25, 0.3) is 10.9 Å². The molecule has 2 aromatic rings. The van der Waals surface area contributed by atoms with Gasteiger partial charge in [0, 0.05) is 19.0 Å². The second kappa shape index (κ2) is 6.86. The van der Waals surface area contributed by atoms with Crippen LogP contribution in [0.2, 0.25) is 5.02 Å². The molecule has 0 aliphatic rings. The van der Waals surface area contributed by atoms with E-state index in [0.717, 1.165) is 6.07 Å². The first-order valence-corrected chi connectivity index (χ1v) is 6.95. The van der Waals surface area contributed by atoms with Crippen molar-refractivity contribution in [2.24, 2.45) is 5.92 Å². The molecule has 2 rings (SSSR count). The normalized spacial score (nSPS) is 11.6. The van der Waals surface area contributed by atoms with Crippen molar-refractivity contribution in [1.29, 1.82) is 10.5 Å². The molecule has 23 heavy (non-hydrogen) atoms. The van der Waals surface area contributed by atoms with Crippen LogP contribution in [-0.2, 0) is 6.54 Å². The smallest absolute Gasteiger partial charge is 0.288 e. The number of fused-ring (bicyclic) bond motifs is 1. The molecule has 0 amide bonds. The van der Waals surface area contributed by atoms with Crippen LogP contribution in [0.4, 0.5) is 5.69 Å². The number of nitriles is 2. The average molecular weight is 332 g/mol. The second-order valence-electron chi connectivity index (χ2n) is 4.80. The largest absolute Gasteiger partial charge is 0.297 e. The summed E-state index contributed by atoms with van der Waals surface area (Å²) in [5, 5.41) is 28.5. The van der Waals surface area contributed by atoms with E-state index in [1.807, 2.05) is 12.1 Å². The SMILES string of the molecule is N#CCC[C@@H](C#N)Cn1cnc2cc(Cl)c([N+](=O)[O-])cc2c1=O. The van der Waals surface area contributed by atoms with E-state index < -0.39 is 16.4 Å². The molecule has 0 aliphatic carbocycles. The Morgan fingerprint density at radius 1 is 1.43 bits per heavy atom. The zero-order chi connectivity index (χ0) is 17.0. The minimum Gasteiger partial charge on any atom is -0.297 e. The molecule has 1 aromatic heterocycles. The maximum Gasteiger partial charge on any atom is 0.288 e. The molecule has 9 heteroatoms. The van der Waals surface area contributed by atoms with Gasteiger partial charge in [-0.2, -0.15) is 10.5 Å². The molecule has 0 fully saturated rings. The molecule has 1 heterocycles. The van der Waals surface area contributed by atoms with Crippen molar-refractivity contribution in [2.45, 2.75) is 19.4 Å². The fourth-order valence-electron chi connectivity index (χ4n) is 2.11. The first-order valence-electron chi connectivity index (χ1n) is 6.57. The molecule has 0 radical (unpaired) electrons. The van der Waals surface area contributed by atoms with Gasteiger partial charge in [-0.3, -0.25) is 19.5 Å². The summed E-state index contributed by atoms with van der Waals surface area (Å²) in [6.45, 7) is 0.0659. The summed E-state index contributed by atoms with van der Waals surface area (Å²) >= 11 is 5.79. The van der Waals surface area contributed by atoms with Gasteiger partial charge in [-0.15, -0.1) is 0 Å². The Morgan fingerprint density at radius 2 is 2.17 bits per heavy atom. The zero-order valence-corrected chi connectivity index (χ0v) is 12.5. The molecule has 0 saturated heterocycles. The molecule has 8 nitrogen and oxygen atoms in total. The predicted octanol–water partition coefficient (Wildman–Crippen LogP) is 2.40. The van der Waals surface area contributed by atoms with E-state index in [2.05, 4.69) is 4.98 Å². The fourth-order valence-corrected chi connectivity index (χ4v) is 2.34. The summed E-state index contributed by atoms with van der Waals surface area (Å²) in [7, 11) is 0. The first-order chi connectivity index (χ1) is 11.0. The maximum atomic E-state index is 12.4. The Morgan fingerprint density at radius 3 is 2.78 bits per heavy atom. The van der Waals surface area contributed by atoms with Gasteiger partial charge >= 0.3 is 0 Å². The topological polar surface area (TPSA) is 126 Å². The highest BCUT2D eigenvalue weighted by Crippen LogP contribution is 2.27. The van der Waals surface area contributed by atoms with Gasteiger partial charge in [-0.25, -0.2) is 4.98 Å². The van der Waals surface area contributed by atoms with E-state index in [-0.39, 0.29) is 34.6 Å². The summed E-state index contributed by atoms with van der Waals surface area (Å²) in [5.74, 6) is -0.520. The lowest BCUT2D eigenvalue weighted by Gasteiger charge is -2.10. The highest BCUT2D eigenvalue weighted by Gasteiger charge is 2.17. The number of hydrogen-bond acceptors (Lipinski definition) is 6. The molecular weight excluding hydrogens is 322 g/mol. The van der Waals surface area contributed by atoms with Crippen LogP contribution in [0.1, 0.15) is 12.8 Å². The van der Waals surface area contributed by atoms with Gasteiger partial charge in [0.05, 0.1) is 40.2 Å². The quantitative estimate of drug-likeness (QED) is 0.611. The number of benzene rings is 1. The van der Waals surface area contributed by atoms with E-state index in [1.165, 1.54) is 17.0 Å². The Hall–Kier alpha value is -2.97. The van der Waals surface area contributed by atoms with Crippen molar-refractivity contribution in [1.82, 2.24) is 9.55 Å². The lowest BCUT2D eigenvalue weighted by molar-refractivity contribution is -0.384. The summed E-state index contributed by atoms with van der Waals surface area (Å²) in [6, 6.07) is 6.32. The van der Waals surface area contributed by atoms with Gasteiger partial charge in [-0.1, -0.05) is 11.6 Å². The third-order valence-corrected chi connectivity index (χ3v) is 3.60. The number of aromatic nitrogens is 2. The predicted molar refractivity (Wildman–Crippen MR) is 81.6 cm³/mol. The van der Waals surface area contributed by atoms with E-state index in [4.69, 9.17) is 22.1 Å². The summed E-state index contributed by atoms with van der Waals surface area (Å²) < 4.78 is 1.21. The van der Waals surface area contributed by atoms with Crippen molar-refractivity contribution in [3.8, 4) is 12.1 Å². The molecule has 0 bridgehead atoms. The number of halogens is 1. The number of nitro benzene ring substituents is 1. The van der Waals surface area contributed by atoms with Gasteiger partial charge < -0.3 is 0 Å². The van der Waals surface area contributed by atoms with Gasteiger partial charge in [0.2, 0.25) is 0 Å². The fraction of sp³-hybridized carbons (Fsp3) is 0.286. The Kier molecular flexibility index (Phi) is 4.89. The second-order valence-corrected chi connectivity index (χ2v) is 5.21. The van der Waals surface area contributed by atoms with Crippen molar-refractivity contribution < 1.29 is 4.92 Å². The minimum absolute atomic E-state index is 0.0561. The van der Waals surface area contributed by atoms with Crippen LogP contribution in [-0.4, -0.2) is 14.5 Å². The molecule has 0 unspecified atom stereocenters. The number of hydrogen-bond donors (Lipinski definition) is 0. The standard InChI is InChI=1S/C14H10ClN5O3/c15-11-5-12-10(4-13(11)20(22)23)14(21)19(8-18-12)7-9(6-17)2-1-3-16/h4-5,8-9H,1-2,7H2/t9-/m0/s1. The van der Waals surface area contributed by atoms with Crippen LogP contribution in [0.5, 0.6) is 0 Å². The van der Waals surface area contributed by atoms with Crippen molar-refractivity contribution in [3.63, 3.8) is 0 Å². The van der Waals surface area contributed by atoms with E-state index >= 15 is 0 Å². The monoisotopic (exact) mass is 331 g/mol. The van der Waals surface area contributed by atoms with Crippen molar-refractivity contribution in [3.05, 3.63) is 44.0 Å². The number of nitro groups is 1. The first kappa shape index (κ1) is 16.4. The van der Waals surface area contributed by atoms with E-state index in [1.54, 1.807) is 0 Å². The Labute approximate surface area is 135 Å². The molecule has 0 saturated carbocycles. The molecule has 0 spiro atoms. The summed E-state index contributed by atoms with van der Waals surface area (Å²) in [6.07, 6.45) is 1.80. The molecule has 1 aromatic carbocycles.